The molecule has 1 aliphatic rings. The number of hydrogen-bond acceptors (Lipinski definition) is 7. The quantitative estimate of drug-likeness (QED) is 0.328. The molecule has 0 radical (unpaired) electrons. The van der Waals surface area contributed by atoms with Gasteiger partial charge in [0.1, 0.15) is 6.73 Å². The van der Waals surface area contributed by atoms with Crippen LogP contribution in [-0.2, 0) is 17.9 Å². The van der Waals surface area contributed by atoms with Crippen molar-refractivity contribution in [1.82, 2.24) is 24.4 Å². The minimum atomic E-state index is -1.13. The Morgan fingerprint density at radius 3 is 2.70 bits per heavy atom. The van der Waals surface area contributed by atoms with Crippen LogP contribution in [0.2, 0.25) is 25.7 Å². The smallest absolute Gasteiger partial charge is 0.230 e. The zero-order chi connectivity index (χ0) is 23.3. The van der Waals surface area contributed by atoms with E-state index in [1.807, 2.05) is 43.1 Å². The third-order valence-electron chi connectivity index (χ3n) is 5.96. The van der Waals surface area contributed by atoms with Gasteiger partial charge in [0.05, 0.1) is 17.4 Å². The summed E-state index contributed by atoms with van der Waals surface area (Å²) in [6.07, 6.45) is 2.92. The van der Waals surface area contributed by atoms with Gasteiger partial charge >= 0.3 is 0 Å². The van der Waals surface area contributed by atoms with Gasteiger partial charge in [-0.05, 0) is 19.0 Å². The molecule has 1 saturated heterocycles. The van der Waals surface area contributed by atoms with Crippen molar-refractivity contribution < 1.29 is 4.74 Å². The maximum absolute atomic E-state index is 6.12. The molecule has 4 rings (SSSR count). The number of nitrogens with zero attached hydrogens (tertiary/aromatic N) is 5. The van der Waals surface area contributed by atoms with Crippen LogP contribution in [0.5, 0.6) is 0 Å². The molecule has 1 N–H and O–H groups in total. The molecular formula is C24H36N6OSSi. The lowest BCUT2D eigenvalue weighted by atomic mass is 10.2. The molecule has 1 fully saturated rings. The number of aryl methyl sites for hydroxylation is 1. The number of hydrogen-bond donors (Lipinski definition) is 1. The Hall–Kier alpha value is -1.94. The van der Waals surface area contributed by atoms with E-state index in [4.69, 9.17) is 14.7 Å². The van der Waals surface area contributed by atoms with Crippen molar-refractivity contribution in [1.29, 1.82) is 0 Å². The molecule has 0 unspecified atom stereocenters. The molecule has 33 heavy (non-hydrogen) atoms. The molecule has 0 atom stereocenters. The van der Waals surface area contributed by atoms with Crippen molar-refractivity contribution in [2.45, 2.75) is 45.8 Å². The summed E-state index contributed by atoms with van der Waals surface area (Å²) >= 11 is 2.05. The monoisotopic (exact) mass is 484 g/mol. The van der Waals surface area contributed by atoms with E-state index in [0.29, 0.717) is 12.7 Å². The van der Waals surface area contributed by atoms with E-state index < -0.39 is 8.07 Å². The minimum absolute atomic E-state index is 0.491. The lowest BCUT2D eigenvalue weighted by Crippen LogP contribution is -2.34. The van der Waals surface area contributed by atoms with Crippen LogP contribution in [0.25, 0.3) is 10.9 Å². The lowest BCUT2D eigenvalue weighted by Gasteiger charge is -2.26. The van der Waals surface area contributed by atoms with Crippen LogP contribution in [0.3, 0.4) is 0 Å². The first-order valence-corrected chi connectivity index (χ1v) is 16.7. The number of aromatic nitrogens is 4. The maximum Gasteiger partial charge on any atom is 0.230 e. The van der Waals surface area contributed by atoms with Crippen molar-refractivity contribution in [3.8, 4) is 0 Å². The predicted molar refractivity (Wildman–Crippen MR) is 141 cm³/mol. The van der Waals surface area contributed by atoms with E-state index in [9.17, 15) is 0 Å². The summed E-state index contributed by atoms with van der Waals surface area (Å²) in [5.41, 5.74) is 3.07. The van der Waals surface area contributed by atoms with Crippen molar-refractivity contribution in [2.75, 3.05) is 43.1 Å². The summed E-state index contributed by atoms with van der Waals surface area (Å²) in [6.45, 7) is 13.8. The van der Waals surface area contributed by atoms with Gasteiger partial charge in [-0.1, -0.05) is 37.8 Å². The molecule has 9 heteroatoms. The third-order valence-corrected chi connectivity index (χ3v) is 8.61. The highest BCUT2D eigenvalue weighted by atomic mass is 32.2. The van der Waals surface area contributed by atoms with Gasteiger partial charge in [-0.2, -0.15) is 11.8 Å². The highest BCUT2D eigenvalue weighted by Crippen LogP contribution is 2.21. The largest absolute Gasteiger partial charge is 0.361 e. The first kappa shape index (κ1) is 24.2. The Kier molecular flexibility index (Phi) is 8.05. The summed E-state index contributed by atoms with van der Waals surface area (Å²) in [6, 6.07) is 9.24. The standard InChI is InChI=1S/C24H36N6OSSi/c1-19-21-7-5-6-8-22(21)27-23(26-19)28-24-25-17-20(9-10-29-11-14-32-15-12-29)30(24)18-31-13-16-33(2,3)4/h5-8,17H,9-16,18H2,1-4H3,(H,25,26,27,28). The van der Waals surface area contributed by atoms with E-state index in [1.54, 1.807) is 0 Å². The molecule has 2 aromatic heterocycles. The van der Waals surface area contributed by atoms with Crippen LogP contribution in [0.1, 0.15) is 11.4 Å². The molecule has 0 amide bonds. The van der Waals surface area contributed by atoms with Gasteiger partial charge in [-0.15, -0.1) is 0 Å². The van der Waals surface area contributed by atoms with Crippen LogP contribution in [-0.4, -0.2) is 70.2 Å². The second-order valence-electron chi connectivity index (χ2n) is 9.83. The molecule has 1 aliphatic heterocycles. The molecule has 3 aromatic rings. The van der Waals surface area contributed by atoms with Crippen molar-refractivity contribution >= 4 is 42.6 Å². The van der Waals surface area contributed by atoms with E-state index in [-0.39, 0.29) is 0 Å². The average molecular weight is 485 g/mol. The SMILES string of the molecule is Cc1nc(Nc2ncc(CCN3CCSCC3)n2COCC[Si](C)(C)C)nc2ccccc12. The molecule has 3 heterocycles. The molecule has 1 aromatic carbocycles. The van der Waals surface area contributed by atoms with Gasteiger partial charge in [0.25, 0.3) is 0 Å². The lowest BCUT2D eigenvalue weighted by molar-refractivity contribution is 0.0865. The third kappa shape index (κ3) is 6.78. The zero-order valence-electron chi connectivity index (χ0n) is 20.3. The molecule has 0 spiro atoms. The molecule has 0 bridgehead atoms. The maximum atomic E-state index is 6.12. The average Bonchev–Trinajstić information content (AvgIpc) is 3.16. The number of nitrogens with one attached hydrogen (secondary N) is 1. The predicted octanol–water partition coefficient (Wildman–Crippen LogP) is 4.78. The molecule has 0 saturated carbocycles. The van der Waals surface area contributed by atoms with E-state index in [0.717, 1.165) is 48.2 Å². The van der Waals surface area contributed by atoms with Gasteiger partial charge in [-0.3, -0.25) is 9.88 Å². The van der Waals surface area contributed by atoms with Crippen molar-refractivity contribution in [3.05, 3.63) is 41.9 Å². The van der Waals surface area contributed by atoms with Crippen LogP contribution < -0.4 is 5.32 Å². The fraction of sp³-hybridized carbons (Fsp3) is 0.542. The number of anilines is 2. The Morgan fingerprint density at radius 2 is 1.91 bits per heavy atom. The Bertz CT molecular complexity index is 1060. The fourth-order valence-electron chi connectivity index (χ4n) is 3.88. The van der Waals surface area contributed by atoms with Crippen molar-refractivity contribution in [2.24, 2.45) is 0 Å². The zero-order valence-corrected chi connectivity index (χ0v) is 22.1. The molecular weight excluding hydrogens is 448 g/mol. The van der Waals surface area contributed by atoms with Gasteiger partial charge in [-0.25, -0.2) is 15.0 Å². The summed E-state index contributed by atoms with van der Waals surface area (Å²) < 4.78 is 8.27. The first-order valence-electron chi connectivity index (χ1n) is 11.8. The number of benzene rings is 1. The molecule has 7 nitrogen and oxygen atoms in total. The van der Waals surface area contributed by atoms with Crippen LogP contribution >= 0.6 is 11.8 Å². The number of imidazole rings is 1. The second kappa shape index (κ2) is 11.0. The summed E-state index contributed by atoms with van der Waals surface area (Å²) in [7, 11) is -1.13. The van der Waals surface area contributed by atoms with Crippen LogP contribution in [0, 0.1) is 6.92 Å². The van der Waals surface area contributed by atoms with Crippen molar-refractivity contribution in [3.63, 3.8) is 0 Å². The summed E-state index contributed by atoms with van der Waals surface area (Å²) in [5.74, 6) is 3.76. The van der Waals surface area contributed by atoms with Gasteiger partial charge < -0.3 is 9.64 Å². The first-order chi connectivity index (χ1) is 15.9. The Morgan fingerprint density at radius 1 is 1.12 bits per heavy atom. The van der Waals surface area contributed by atoms with Crippen LogP contribution in [0.15, 0.2) is 30.5 Å². The number of thioether (sulfide) groups is 1. The van der Waals surface area contributed by atoms with Gasteiger partial charge in [0, 0.05) is 63.3 Å². The number of para-hydroxylation sites is 1. The Balaban J connectivity index is 1.51. The normalized spacial score (nSPS) is 15.3. The van der Waals surface area contributed by atoms with Crippen LogP contribution in [0.4, 0.5) is 11.9 Å². The molecule has 0 aliphatic carbocycles. The van der Waals surface area contributed by atoms with E-state index in [1.165, 1.54) is 30.3 Å². The minimum Gasteiger partial charge on any atom is -0.361 e. The number of ether oxygens (including phenoxy) is 1. The highest BCUT2D eigenvalue weighted by Gasteiger charge is 2.17. The van der Waals surface area contributed by atoms with Gasteiger partial charge in [0.15, 0.2) is 0 Å². The van der Waals surface area contributed by atoms with E-state index in [2.05, 4.69) is 45.5 Å². The Labute approximate surface area is 202 Å². The highest BCUT2D eigenvalue weighted by molar-refractivity contribution is 7.99. The number of fused-ring (bicyclic) bond motifs is 1. The van der Waals surface area contributed by atoms with Gasteiger partial charge in [0.2, 0.25) is 11.9 Å². The fourth-order valence-corrected chi connectivity index (χ4v) is 5.61. The number of rotatable bonds is 10. The topological polar surface area (TPSA) is 68.1 Å². The molecule has 178 valence electrons. The second-order valence-corrected chi connectivity index (χ2v) is 16.7. The van der Waals surface area contributed by atoms with E-state index >= 15 is 0 Å². The summed E-state index contributed by atoms with van der Waals surface area (Å²) in [4.78, 5) is 16.6. The summed E-state index contributed by atoms with van der Waals surface area (Å²) in [5, 5.41) is 4.43.